The summed E-state index contributed by atoms with van der Waals surface area (Å²) in [5.41, 5.74) is 7.08. The van der Waals surface area contributed by atoms with Crippen LogP contribution in [-0.2, 0) is 9.59 Å². The lowest BCUT2D eigenvalue weighted by atomic mass is 9.96. The third kappa shape index (κ3) is 2.54. The van der Waals surface area contributed by atoms with Crippen LogP contribution in [0.2, 0.25) is 0 Å². The maximum atomic E-state index is 12.6. The number of aryl methyl sites for hydroxylation is 1. The molecular weight excluding hydrogens is 254 g/mol. The molecule has 3 N–H and O–H groups in total. The largest absolute Gasteiger partial charge is 0.352 e. The SMILES string of the molecule is Cc1ccc(C(N)C(=O)N2CCNC(=O)C2(C)C)cc1. The summed E-state index contributed by atoms with van der Waals surface area (Å²) in [4.78, 5) is 26.0. The number of carbonyl (C=O) groups is 2. The van der Waals surface area contributed by atoms with E-state index in [0.29, 0.717) is 13.1 Å². The van der Waals surface area contributed by atoms with Crippen molar-refractivity contribution in [3.63, 3.8) is 0 Å². The van der Waals surface area contributed by atoms with Crippen LogP contribution in [-0.4, -0.2) is 35.3 Å². The third-order valence-electron chi connectivity index (χ3n) is 3.82. The summed E-state index contributed by atoms with van der Waals surface area (Å²) < 4.78 is 0. The van der Waals surface area contributed by atoms with Crippen LogP contribution in [0.5, 0.6) is 0 Å². The molecule has 0 aromatic heterocycles. The van der Waals surface area contributed by atoms with Crippen molar-refractivity contribution in [2.24, 2.45) is 5.73 Å². The number of nitrogens with zero attached hydrogens (tertiary/aromatic N) is 1. The molecule has 0 saturated carbocycles. The minimum absolute atomic E-state index is 0.145. The van der Waals surface area contributed by atoms with E-state index in [9.17, 15) is 9.59 Å². The number of piperazine rings is 1. The maximum Gasteiger partial charge on any atom is 0.245 e. The van der Waals surface area contributed by atoms with Gasteiger partial charge >= 0.3 is 0 Å². The first-order chi connectivity index (χ1) is 9.34. The van der Waals surface area contributed by atoms with Gasteiger partial charge in [-0.15, -0.1) is 0 Å². The van der Waals surface area contributed by atoms with E-state index in [0.717, 1.165) is 11.1 Å². The number of rotatable bonds is 2. The highest BCUT2D eigenvalue weighted by molar-refractivity contribution is 5.93. The third-order valence-corrected chi connectivity index (χ3v) is 3.82. The van der Waals surface area contributed by atoms with Gasteiger partial charge in [-0.05, 0) is 26.3 Å². The molecule has 5 nitrogen and oxygen atoms in total. The summed E-state index contributed by atoms with van der Waals surface area (Å²) in [5, 5.41) is 2.77. The minimum Gasteiger partial charge on any atom is -0.352 e. The zero-order chi connectivity index (χ0) is 14.9. The minimum atomic E-state index is -0.863. The van der Waals surface area contributed by atoms with E-state index in [-0.39, 0.29) is 11.8 Å². The molecule has 1 aromatic carbocycles. The quantitative estimate of drug-likeness (QED) is 0.835. The molecular formula is C15H21N3O2. The zero-order valence-corrected chi connectivity index (χ0v) is 12.1. The summed E-state index contributed by atoms with van der Waals surface area (Å²) in [5.74, 6) is -0.359. The molecule has 1 heterocycles. The second-order valence-corrected chi connectivity index (χ2v) is 5.69. The topological polar surface area (TPSA) is 75.4 Å². The average Bonchev–Trinajstić information content (AvgIpc) is 2.41. The monoisotopic (exact) mass is 275 g/mol. The van der Waals surface area contributed by atoms with Crippen LogP contribution in [0.25, 0.3) is 0 Å². The van der Waals surface area contributed by atoms with E-state index < -0.39 is 11.6 Å². The Morgan fingerprint density at radius 1 is 1.35 bits per heavy atom. The van der Waals surface area contributed by atoms with Crippen LogP contribution in [0.4, 0.5) is 0 Å². The Kier molecular flexibility index (Phi) is 3.81. The van der Waals surface area contributed by atoms with Crippen LogP contribution in [0.3, 0.4) is 0 Å². The summed E-state index contributed by atoms with van der Waals surface area (Å²) in [7, 11) is 0. The van der Waals surface area contributed by atoms with Crippen LogP contribution < -0.4 is 11.1 Å². The Bertz CT molecular complexity index is 522. The number of carbonyl (C=O) groups excluding carboxylic acids is 2. The molecule has 20 heavy (non-hydrogen) atoms. The Balaban J connectivity index is 2.22. The molecule has 1 fully saturated rings. The van der Waals surface area contributed by atoms with Crippen molar-refractivity contribution < 1.29 is 9.59 Å². The van der Waals surface area contributed by atoms with Gasteiger partial charge in [0.1, 0.15) is 11.6 Å². The van der Waals surface area contributed by atoms with E-state index in [1.807, 2.05) is 31.2 Å². The molecule has 0 aliphatic carbocycles. The molecule has 0 spiro atoms. The molecule has 2 rings (SSSR count). The van der Waals surface area contributed by atoms with Gasteiger partial charge in [-0.3, -0.25) is 9.59 Å². The highest BCUT2D eigenvalue weighted by Gasteiger charge is 2.41. The summed E-state index contributed by atoms with van der Waals surface area (Å²) in [6, 6.07) is 6.83. The van der Waals surface area contributed by atoms with Gasteiger partial charge in [0.05, 0.1) is 0 Å². The molecule has 0 bridgehead atoms. The van der Waals surface area contributed by atoms with Gasteiger partial charge in [0, 0.05) is 13.1 Å². The lowest BCUT2D eigenvalue weighted by Crippen LogP contribution is -2.64. The van der Waals surface area contributed by atoms with Gasteiger partial charge in [-0.25, -0.2) is 0 Å². The molecule has 1 aliphatic heterocycles. The fraction of sp³-hybridized carbons (Fsp3) is 0.467. The second kappa shape index (κ2) is 5.25. The van der Waals surface area contributed by atoms with Gasteiger partial charge in [0.15, 0.2) is 0 Å². The lowest BCUT2D eigenvalue weighted by molar-refractivity contribution is -0.150. The first kappa shape index (κ1) is 14.5. The van der Waals surface area contributed by atoms with Crippen LogP contribution in [0.1, 0.15) is 31.0 Å². The smallest absolute Gasteiger partial charge is 0.245 e. The molecule has 1 aromatic rings. The van der Waals surface area contributed by atoms with E-state index >= 15 is 0 Å². The Labute approximate surface area is 119 Å². The predicted octanol–water partition coefficient (Wildman–Crippen LogP) is 0.732. The van der Waals surface area contributed by atoms with Crippen molar-refractivity contribution in [1.82, 2.24) is 10.2 Å². The number of nitrogens with two attached hydrogens (primary N) is 1. The Morgan fingerprint density at radius 3 is 2.55 bits per heavy atom. The fourth-order valence-electron chi connectivity index (χ4n) is 2.37. The Morgan fingerprint density at radius 2 is 1.95 bits per heavy atom. The molecule has 1 unspecified atom stereocenters. The van der Waals surface area contributed by atoms with E-state index in [2.05, 4.69) is 5.32 Å². The van der Waals surface area contributed by atoms with Gasteiger partial charge in [0.2, 0.25) is 11.8 Å². The molecule has 5 heteroatoms. The second-order valence-electron chi connectivity index (χ2n) is 5.69. The zero-order valence-electron chi connectivity index (χ0n) is 12.1. The predicted molar refractivity (Wildman–Crippen MR) is 76.9 cm³/mol. The van der Waals surface area contributed by atoms with Crippen LogP contribution in [0, 0.1) is 6.92 Å². The highest BCUT2D eigenvalue weighted by atomic mass is 16.2. The standard InChI is InChI=1S/C15H21N3O2/c1-10-4-6-11(7-5-10)12(16)13(19)18-9-8-17-14(20)15(18,2)3/h4-7,12H,8-9,16H2,1-3H3,(H,17,20). The first-order valence-electron chi connectivity index (χ1n) is 6.76. The number of hydrogen-bond donors (Lipinski definition) is 2. The van der Waals surface area contributed by atoms with Gasteiger partial charge in [0.25, 0.3) is 0 Å². The number of amides is 2. The van der Waals surface area contributed by atoms with E-state index in [1.54, 1.807) is 18.7 Å². The van der Waals surface area contributed by atoms with Crippen molar-refractivity contribution in [2.45, 2.75) is 32.4 Å². The summed E-state index contributed by atoms with van der Waals surface area (Å²) >= 11 is 0. The number of nitrogens with one attached hydrogen (secondary N) is 1. The maximum absolute atomic E-state index is 12.6. The van der Waals surface area contributed by atoms with Crippen molar-refractivity contribution in [2.75, 3.05) is 13.1 Å². The molecule has 1 atom stereocenters. The fourth-order valence-corrected chi connectivity index (χ4v) is 2.37. The molecule has 2 amide bonds. The normalized spacial score (nSPS) is 19.4. The summed E-state index contributed by atoms with van der Waals surface area (Å²) in [6.07, 6.45) is 0. The van der Waals surface area contributed by atoms with Gasteiger partial charge in [-0.1, -0.05) is 29.8 Å². The van der Waals surface area contributed by atoms with Crippen LogP contribution >= 0.6 is 0 Å². The molecule has 108 valence electrons. The highest BCUT2D eigenvalue weighted by Crippen LogP contribution is 2.22. The Hall–Kier alpha value is -1.88. The number of hydrogen-bond acceptors (Lipinski definition) is 3. The molecule has 1 saturated heterocycles. The van der Waals surface area contributed by atoms with Crippen molar-refractivity contribution in [1.29, 1.82) is 0 Å². The van der Waals surface area contributed by atoms with Gasteiger partial charge < -0.3 is 16.0 Å². The van der Waals surface area contributed by atoms with Crippen molar-refractivity contribution in [3.8, 4) is 0 Å². The van der Waals surface area contributed by atoms with Crippen LogP contribution in [0.15, 0.2) is 24.3 Å². The molecule has 0 radical (unpaired) electrons. The summed E-state index contributed by atoms with van der Waals surface area (Å²) in [6.45, 7) is 6.41. The lowest BCUT2D eigenvalue weighted by Gasteiger charge is -2.42. The molecule has 1 aliphatic rings. The average molecular weight is 275 g/mol. The van der Waals surface area contributed by atoms with E-state index in [1.165, 1.54) is 0 Å². The van der Waals surface area contributed by atoms with Crippen molar-refractivity contribution >= 4 is 11.8 Å². The van der Waals surface area contributed by atoms with Crippen molar-refractivity contribution in [3.05, 3.63) is 35.4 Å². The van der Waals surface area contributed by atoms with Gasteiger partial charge in [-0.2, -0.15) is 0 Å². The number of benzene rings is 1. The van der Waals surface area contributed by atoms with E-state index in [4.69, 9.17) is 5.73 Å². The first-order valence-corrected chi connectivity index (χ1v) is 6.76.